The van der Waals surface area contributed by atoms with Gasteiger partial charge in [-0.05, 0) is 12.1 Å². The lowest BCUT2D eigenvalue weighted by molar-refractivity contribution is 0.0945. The van der Waals surface area contributed by atoms with E-state index in [0.717, 1.165) is 16.3 Å². The normalized spacial score (nSPS) is 11.0. The number of pyridine rings is 1. The van der Waals surface area contributed by atoms with Crippen molar-refractivity contribution in [2.75, 3.05) is 6.54 Å². The number of hydrogen-bond donors (Lipinski definition) is 1. The van der Waals surface area contributed by atoms with Crippen molar-refractivity contribution in [1.29, 1.82) is 0 Å². The lowest BCUT2D eigenvalue weighted by Gasteiger charge is -2.00. The molecule has 6 nitrogen and oxygen atoms in total. The first-order chi connectivity index (χ1) is 11.6. The van der Waals surface area contributed by atoms with E-state index in [-0.39, 0.29) is 11.8 Å². The van der Waals surface area contributed by atoms with E-state index < -0.39 is 0 Å². The van der Waals surface area contributed by atoms with Gasteiger partial charge in [0, 0.05) is 48.3 Å². The first kappa shape index (κ1) is 16.3. The van der Waals surface area contributed by atoms with Crippen molar-refractivity contribution in [2.24, 2.45) is 0 Å². The zero-order chi connectivity index (χ0) is 16.9. The summed E-state index contributed by atoms with van der Waals surface area (Å²) in [6.45, 7) is 4.48. The van der Waals surface area contributed by atoms with Crippen LogP contribution in [0, 0.1) is 0 Å². The zero-order valence-electron chi connectivity index (χ0n) is 13.5. The van der Waals surface area contributed by atoms with Crippen LogP contribution < -0.4 is 5.32 Å². The second kappa shape index (κ2) is 7.35. The zero-order valence-corrected chi connectivity index (χ0v) is 14.3. The van der Waals surface area contributed by atoms with Gasteiger partial charge in [-0.15, -0.1) is 11.3 Å². The van der Waals surface area contributed by atoms with Crippen LogP contribution >= 0.6 is 11.3 Å². The number of thiazole rings is 1. The number of carbonyl (C=O) groups is 1. The van der Waals surface area contributed by atoms with E-state index in [9.17, 15) is 4.79 Å². The average Bonchev–Trinajstić information content (AvgIpc) is 3.25. The third-order valence-electron chi connectivity index (χ3n) is 3.48. The van der Waals surface area contributed by atoms with E-state index in [0.29, 0.717) is 24.4 Å². The third-order valence-corrected chi connectivity index (χ3v) is 4.42. The summed E-state index contributed by atoms with van der Waals surface area (Å²) in [6.07, 6.45) is 4.17. The highest BCUT2D eigenvalue weighted by Gasteiger charge is 2.14. The molecular weight excluding hydrogens is 324 g/mol. The van der Waals surface area contributed by atoms with Crippen LogP contribution in [-0.4, -0.2) is 27.6 Å². The molecule has 0 saturated carbocycles. The third kappa shape index (κ3) is 3.86. The lowest BCUT2D eigenvalue weighted by Crippen LogP contribution is -2.26. The Labute approximate surface area is 143 Å². The highest BCUT2D eigenvalue weighted by atomic mass is 32.1. The van der Waals surface area contributed by atoms with Crippen molar-refractivity contribution in [2.45, 2.75) is 26.2 Å². The Kier molecular flexibility index (Phi) is 5.00. The molecule has 1 amide bonds. The predicted molar refractivity (Wildman–Crippen MR) is 92.0 cm³/mol. The summed E-state index contributed by atoms with van der Waals surface area (Å²) in [5, 5.41) is 9.61. The van der Waals surface area contributed by atoms with Gasteiger partial charge in [0.25, 0.3) is 5.91 Å². The second-order valence-corrected chi connectivity index (χ2v) is 6.51. The van der Waals surface area contributed by atoms with E-state index in [1.54, 1.807) is 29.8 Å². The van der Waals surface area contributed by atoms with Crippen molar-refractivity contribution in [3.63, 3.8) is 0 Å². The fourth-order valence-electron chi connectivity index (χ4n) is 2.11. The first-order valence-corrected chi connectivity index (χ1v) is 8.61. The topological polar surface area (TPSA) is 80.9 Å². The molecule has 3 heterocycles. The van der Waals surface area contributed by atoms with Gasteiger partial charge in [-0.2, -0.15) is 0 Å². The minimum absolute atomic E-state index is 0.209. The fourth-order valence-corrected chi connectivity index (χ4v) is 2.97. The van der Waals surface area contributed by atoms with Crippen LogP contribution in [0.3, 0.4) is 0 Å². The number of aromatic nitrogens is 3. The molecular formula is C17H18N4O2S. The Morgan fingerprint density at radius 3 is 2.83 bits per heavy atom. The largest absolute Gasteiger partial charge is 0.360 e. The van der Waals surface area contributed by atoms with E-state index in [1.165, 1.54) is 0 Å². The van der Waals surface area contributed by atoms with E-state index in [1.807, 2.05) is 31.4 Å². The Balaban J connectivity index is 1.53. The molecule has 0 bridgehead atoms. The van der Waals surface area contributed by atoms with E-state index in [2.05, 4.69) is 20.4 Å². The number of hydrogen-bond acceptors (Lipinski definition) is 6. The summed E-state index contributed by atoms with van der Waals surface area (Å²) in [4.78, 5) is 20.6. The lowest BCUT2D eigenvalue weighted by atomic mass is 10.1. The quantitative estimate of drug-likeness (QED) is 0.743. The number of rotatable bonds is 6. The Morgan fingerprint density at radius 1 is 1.33 bits per heavy atom. The summed E-state index contributed by atoms with van der Waals surface area (Å²) in [5.74, 6) is 0.692. The van der Waals surface area contributed by atoms with E-state index in [4.69, 9.17) is 4.52 Å². The monoisotopic (exact) mass is 342 g/mol. The fraction of sp³-hybridized carbons (Fsp3) is 0.294. The molecule has 3 rings (SSSR count). The molecule has 3 aromatic heterocycles. The maximum Gasteiger partial charge on any atom is 0.273 e. The Morgan fingerprint density at radius 2 is 2.12 bits per heavy atom. The van der Waals surface area contributed by atoms with Crippen molar-refractivity contribution in [1.82, 2.24) is 20.4 Å². The molecule has 1 N–H and O–H groups in total. The summed E-state index contributed by atoms with van der Waals surface area (Å²) in [6, 6.07) is 5.55. The molecule has 0 spiro atoms. The maximum absolute atomic E-state index is 12.0. The Hall–Kier alpha value is -2.54. The number of amides is 1. The van der Waals surface area contributed by atoms with Gasteiger partial charge in [0.2, 0.25) is 0 Å². The molecule has 0 aliphatic heterocycles. The van der Waals surface area contributed by atoms with Gasteiger partial charge in [-0.25, -0.2) is 4.98 Å². The summed E-state index contributed by atoms with van der Waals surface area (Å²) < 4.78 is 5.14. The SMILES string of the molecule is CC(C)c1cc(C(=O)NCCc2csc(-c3ccncc3)n2)no1. The van der Waals surface area contributed by atoms with Gasteiger partial charge in [0.1, 0.15) is 10.8 Å². The van der Waals surface area contributed by atoms with Crippen LogP contribution in [0.2, 0.25) is 0 Å². The Bertz CT molecular complexity index is 811. The van der Waals surface area contributed by atoms with Gasteiger partial charge in [-0.1, -0.05) is 19.0 Å². The van der Waals surface area contributed by atoms with Gasteiger partial charge in [0.05, 0.1) is 5.69 Å². The van der Waals surface area contributed by atoms with Crippen LogP contribution in [0.5, 0.6) is 0 Å². The number of nitrogens with one attached hydrogen (secondary N) is 1. The van der Waals surface area contributed by atoms with Crippen molar-refractivity contribution in [3.05, 3.63) is 53.1 Å². The van der Waals surface area contributed by atoms with Gasteiger partial charge < -0.3 is 9.84 Å². The molecule has 0 radical (unpaired) electrons. The molecule has 0 fully saturated rings. The molecule has 124 valence electrons. The summed E-state index contributed by atoms with van der Waals surface area (Å²) in [7, 11) is 0. The number of carbonyl (C=O) groups excluding carboxylic acids is 1. The first-order valence-electron chi connectivity index (χ1n) is 7.73. The molecule has 0 unspecified atom stereocenters. The molecule has 7 heteroatoms. The minimum Gasteiger partial charge on any atom is -0.360 e. The molecule has 0 saturated heterocycles. The smallest absolute Gasteiger partial charge is 0.273 e. The van der Waals surface area contributed by atoms with Crippen molar-refractivity contribution < 1.29 is 9.32 Å². The van der Waals surface area contributed by atoms with Gasteiger partial charge in [-0.3, -0.25) is 9.78 Å². The van der Waals surface area contributed by atoms with Crippen LogP contribution in [0.4, 0.5) is 0 Å². The number of nitrogens with zero attached hydrogens (tertiary/aromatic N) is 3. The molecule has 0 aliphatic rings. The molecule has 0 atom stereocenters. The van der Waals surface area contributed by atoms with Crippen LogP contribution in [-0.2, 0) is 6.42 Å². The average molecular weight is 342 g/mol. The van der Waals surface area contributed by atoms with E-state index >= 15 is 0 Å². The predicted octanol–water partition coefficient (Wildman–Crippen LogP) is 3.29. The van der Waals surface area contributed by atoms with Crippen molar-refractivity contribution >= 4 is 17.2 Å². The summed E-state index contributed by atoms with van der Waals surface area (Å²) >= 11 is 1.59. The highest BCUT2D eigenvalue weighted by Crippen LogP contribution is 2.22. The molecule has 24 heavy (non-hydrogen) atoms. The molecule has 0 aliphatic carbocycles. The maximum atomic E-state index is 12.0. The molecule has 3 aromatic rings. The molecule has 0 aromatic carbocycles. The van der Waals surface area contributed by atoms with Crippen molar-refractivity contribution in [3.8, 4) is 10.6 Å². The van der Waals surface area contributed by atoms with Crippen LogP contribution in [0.25, 0.3) is 10.6 Å². The second-order valence-electron chi connectivity index (χ2n) is 5.66. The van der Waals surface area contributed by atoms with Crippen LogP contribution in [0.1, 0.15) is 41.7 Å². The van der Waals surface area contributed by atoms with Crippen LogP contribution in [0.15, 0.2) is 40.5 Å². The van der Waals surface area contributed by atoms with Gasteiger partial charge in [0.15, 0.2) is 5.69 Å². The standard InChI is InChI=1S/C17H18N4O2S/c1-11(2)15-9-14(21-23-15)16(22)19-8-5-13-10-24-17(20-13)12-3-6-18-7-4-12/h3-4,6-7,9-11H,5,8H2,1-2H3,(H,19,22). The van der Waals surface area contributed by atoms with Gasteiger partial charge >= 0.3 is 0 Å². The minimum atomic E-state index is -0.227. The summed E-state index contributed by atoms with van der Waals surface area (Å²) in [5.41, 5.74) is 2.32. The highest BCUT2D eigenvalue weighted by molar-refractivity contribution is 7.13.